The second-order valence-electron chi connectivity index (χ2n) is 4.51. The summed E-state index contributed by atoms with van der Waals surface area (Å²) in [6, 6.07) is 5.98. The highest BCUT2D eigenvalue weighted by Crippen LogP contribution is 2.17. The SMILES string of the molecule is CCn1c(=O)oc2ccc(CC(C)C)cc21. The molecular formula is C13H17NO2. The van der Waals surface area contributed by atoms with Crippen LogP contribution in [0.4, 0.5) is 0 Å². The first-order valence-electron chi connectivity index (χ1n) is 5.74. The maximum Gasteiger partial charge on any atom is 0.419 e. The third-order valence-electron chi connectivity index (χ3n) is 2.69. The fourth-order valence-electron chi connectivity index (χ4n) is 2.01. The fraction of sp³-hybridized carbons (Fsp3) is 0.462. The third-order valence-corrected chi connectivity index (χ3v) is 2.69. The van der Waals surface area contributed by atoms with Gasteiger partial charge in [0.2, 0.25) is 0 Å². The summed E-state index contributed by atoms with van der Waals surface area (Å²) in [4.78, 5) is 11.5. The molecule has 0 amide bonds. The van der Waals surface area contributed by atoms with Crippen molar-refractivity contribution < 1.29 is 4.42 Å². The van der Waals surface area contributed by atoms with E-state index in [1.807, 2.05) is 19.1 Å². The van der Waals surface area contributed by atoms with Crippen LogP contribution in [0.3, 0.4) is 0 Å². The first kappa shape index (κ1) is 11.0. The van der Waals surface area contributed by atoms with Crippen molar-refractivity contribution in [3.8, 4) is 0 Å². The van der Waals surface area contributed by atoms with Crippen LogP contribution in [0.5, 0.6) is 0 Å². The topological polar surface area (TPSA) is 35.1 Å². The molecule has 3 nitrogen and oxygen atoms in total. The summed E-state index contributed by atoms with van der Waals surface area (Å²) in [5.74, 6) is 0.352. The van der Waals surface area contributed by atoms with Crippen LogP contribution >= 0.6 is 0 Å². The molecule has 3 heteroatoms. The zero-order valence-corrected chi connectivity index (χ0v) is 9.99. The average Bonchev–Trinajstić information content (AvgIpc) is 2.52. The normalized spacial score (nSPS) is 11.5. The number of hydrogen-bond acceptors (Lipinski definition) is 2. The van der Waals surface area contributed by atoms with E-state index in [0.29, 0.717) is 18.0 Å². The molecule has 0 bridgehead atoms. The molecule has 16 heavy (non-hydrogen) atoms. The van der Waals surface area contributed by atoms with Gasteiger partial charge in [0, 0.05) is 6.54 Å². The Balaban J connectivity index is 2.55. The van der Waals surface area contributed by atoms with Crippen molar-refractivity contribution in [2.24, 2.45) is 5.92 Å². The van der Waals surface area contributed by atoms with Crippen molar-refractivity contribution >= 4 is 11.1 Å². The van der Waals surface area contributed by atoms with E-state index >= 15 is 0 Å². The van der Waals surface area contributed by atoms with Gasteiger partial charge in [-0.1, -0.05) is 19.9 Å². The lowest BCUT2D eigenvalue weighted by atomic mass is 10.0. The lowest BCUT2D eigenvalue weighted by Gasteiger charge is -2.05. The number of rotatable bonds is 3. The molecule has 0 atom stereocenters. The fourth-order valence-corrected chi connectivity index (χ4v) is 2.01. The Hall–Kier alpha value is -1.51. The molecule has 1 heterocycles. The van der Waals surface area contributed by atoms with Crippen molar-refractivity contribution in [3.05, 3.63) is 34.3 Å². The van der Waals surface area contributed by atoms with E-state index < -0.39 is 0 Å². The highest BCUT2D eigenvalue weighted by molar-refractivity contribution is 5.73. The van der Waals surface area contributed by atoms with Gasteiger partial charge in [0.1, 0.15) is 0 Å². The van der Waals surface area contributed by atoms with Crippen LogP contribution in [0.2, 0.25) is 0 Å². The minimum Gasteiger partial charge on any atom is -0.408 e. The molecule has 86 valence electrons. The minimum absolute atomic E-state index is 0.265. The number of aromatic nitrogens is 1. The Morgan fingerprint density at radius 2 is 2.12 bits per heavy atom. The predicted molar refractivity (Wildman–Crippen MR) is 64.7 cm³/mol. The quantitative estimate of drug-likeness (QED) is 0.795. The summed E-state index contributed by atoms with van der Waals surface area (Å²) >= 11 is 0. The molecule has 2 rings (SSSR count). The summed E-state index contributed by atoms with van der Waals surface area (Å²) in [5, 5.41) is 0. The number of fused-ring (bicyclic) bond motifs is 1. The number of oxazole rings is 1. The van der Waals surface area contributed by atoms with E-state index in [9.17, 15) is 4.79 Å². The maximum absolute atomic E-state index is 11.5. The lowest BCUT2D eigenvalue weighted by Crippen LogP contribution is -2.12. The second-order valence-corrected chi connectivity index (χ2v) is 4.51. The standard InChI is InChI=1S/C13H17NO2/c1-4-14-11-8-10(7-9(2)3)5-6-12(11)16-13(14)15/h5-6,8-9H,4,7H2,1-3H3. The largest absolute Gasteiger partial charge is 0.419 e. The molecular weight excluding hydrogens is 202 g/mol. The molecule has 0 aliphatic carbocycles. The molecule has 2 aromatic rings. The zero-order chi connectivity index (χ0) is 11.7. The number of aryl methyl sites for hydroxylation is 1. The number of nitrogens with zero attached hydrogens (tertiary/aromatic N) is 1. The molecule has 0 N–H and O–H groups in total. The smallest absolute Gasteiger partial charge is 0.408 e. The predicted octanol–water partition coefficient (Wildman–Crippen LogP) is 2.81. The van der Waals surface area contributed by atoms with E-state index in [0.717, 1.165) is 11.9 Å². The average molecular weight is 219 g/mol. The van der Waals surface area contributed by atoms with Gasteiger partial charge in [0.15, 0.2) is 5.58 Å². The Morgan fingerprint density at radius 1 is 1.38 bits per heavy atom. The molecule has 0 aliphatic rings. The Bertz CT molecular complexity index is 549. The van der Waals surface area contributed by atoms with Crippen LogP contribution in [0.1, 0.15) is 26.3 Å². The summed E-state index contributed by atoms with van der Waals surface area (Å²) in [6.45, 7) is 6.97. The van der Waals surface area contributed by atoms with Gasteiger partial charge in [-0.2, -0.15) is 0 Å². The van der Waals surface area contributed by atoms with Crippen molar-refractivity contribution in [2.45, 2.75) is 33.7 Å². The number of benzene rings is 1. The molecule has 0 unspecified atom stereocenters. The molecule has 0 spiro atoms. The van der Waals surface area contributed by atoms with Gasteiger partial charge in [0.05, 0.1) is 5.52 Å². The lowest BCUT2D eigenvalue weighted by molar-refractivity contribution is 0.513. The van der Waals surface area contributed by atoms with E-state index in [-0.39, 0.29) is 5.76 Å². The van der Waals surface area contributed by atoms with Gasteiger partial charge in [-0.05, 0) is 37.0 Å². The Labute approximate surface area is 94.7 Å². The highest BCUT2D eigenvalue weighted by Gasteiger charge is 2.08. The summed E-state index contributed by atoms with van der Waals surface area (Å²) in [5.41, 5.74) is 2.84. The number of hydrogen-bond donors (Lipinski definition) is 0. The molecule has 0 radical (unpaired) electrons. The molecule has 1 aromatic carbocycles. The first-order valence-corrected chi connectivity index (χ1v) is 5.74. The monoisotopic (exact) mass is 219 g/mol. The zero-order valence-electron chi connectivity index (χ0n) is 9.99. The summed E-state index contributed by atoms with van der Waals surface area (Å²) in [6.07, 6.45) is 1.03. The van der Waals surface area contributed by atoms with Crippen LogP contribution in [-0.2, 0) is 13.0 Å². The highest BCUT2D eigenvalue weighted by atomic mass is 16.4. The van der Waals surface area contributed by atoms with Crippen molar-refractivity contribution in [1.82, 2.24) is 4.57 Å². The van der Waals surface area contributed by atoms with Gasteiger partial charge >= 0.3 is 5.76 Å². The van der Waals surface area contributed by atoms with Crippen LogP contribution in [0, 0.1) is 5.92 Å². The van der Waals surface area contributed by atoms with Crippen LogP contribution in [0.15, 0.2) is 27.4 Å². The molecule has 0 fully saturated rings. The van der Waals surface area contributed by atoms with Gasteiger partial charge in [-0.25, -0.2) is 4.79 Å². The van der Waals surface area contributed by atoms with Crippen LogP contribution in [0.25, 0.3) is 11.1 Å². The first-order chi connectivity index (χ1) is 7.61. The van der Waals surface area contributed by atoms with Crippen molar-refractivity contribution in [1.29, 1.82) is 0 Å². The maximum atomic E-state index is 11.5. The molecule has 1 aromatic heterocycles. The summed E-state index contributed by atoms with van der Waals surface area (Å²) < 4.78 is 6.82. The van der Waals surface area contributed by atoms with Crippen molar-refractivity contribution in [2.75, 3.05) is 0 Å². The van der Waals surface area contributed by atoms with E-state index in [2.05, 4.69) is 19.9 Å². The van der Waals surface area contributed by atoms with Gasteiger partial charge in [0.25, 0.3) is 0 Å². The van der Waals surface area contributed by atoms with E-state index in [1.165, 1.54) is 5.56 Å². The van der Waals surface area contributed by atoms with Gasteiger partial charge in [-0.15, -0.1) is 0 Å². The minimum atomic E-state index is -0.265. The van der Waals surface area contributed by atoms with E-state index in [4.69, 9.17) is 4.42 Å². The Morgan fingerprint density at radius 3 is 2.75 bits per heavy atom. The van der Waals surface area contributed by atoms with Crippen LogP contribution < -0.4 is 5.76 Å². The molecule has 0 saturated heterocycles. The van der Waals surface area contributed by atoms with Gasteiger partial charge < -0.3 is 4.42 Å². The van der Waals surface area contributed by atoms with E-state index in [1.54, 1.807) is 4.57 Å². The Kier molecular flexibility index (Phi) is 2.86. The van der Waals surface area contributed by atoms with Crippen LogP contribution in [-0.4, -0.2) is 4.57 Å². The van der Waals surface area contributed by atoms with Gasteiger partial charge in [-0.3, -0.25) is 4.57 Å². The van der Waals surface area contributed by atoms with Crippen molar-refractivity contribution in [3.63, 3.8) is 0 Å². The molecule has 0 saturated carbocycles. The molecule has 0 aliphatic heterocycles. The second kappa shape index (κ2) is 4.16. The third kappa shape index (κ3) is 1.90. The summed E-state index contributed by atoms with van der Waals surface area (Å²) in [7, 11) is 0.